The molecule has 1 aliphatic rings. The number of aromatic hydroxyl groups is 1. The van der Waals surface area contributed by atoms with Crippen molar-refractivity contribution in [1.29, 1.82) is 0 Å². The second-order valence-corrected chi connectivity index (χ2v) is 19.2. The monoisotopic (exact) mass is 925 g/mol. The number of benzene rings is 11. The van der Waals surface area contributed by atoms with Gasteiger partial charge in [0, 0.05) is 27.7 Å². The summed E-state index contributed by atoms with van der Waals surface area (Å²) in [5.74, 6) is 0.340. The van der Waals surface area contributed by atoms with Crippen molar-refractivity contribution in [2.45, 2.75) is 38.0 Å². The van der Waals surface area contributed by atoms with Gasteiger partial charge in [0.25, 0.3) is 0 Å². The van der Waals surface area contributed by atoms with Crippen LogP contribution in [0.25, 0.3) is 72.1 Å². The number of fused-ring (bicyclic) bond motifs is 5. The molecule has 0 aliphatic heterocycles. The van der Waals surface area contributed by atoms with Crippen molar-refractivity contribution in [3.63, 3.8) is 0 Å². The summed E-state index contributed by atoms with van der Waals surface area (Å²) < 4.78 is 0. The molecule has 12 rings (SSSR count). The van der Waals surface area contributed by atoms with E-state index < -0.39 is 5.41 Å². The average Bonchev–Trinajstić information content (AvgIpc) is 3.73. The Morgan fingerprint density at radius 2 is 0.972 bits per heavy atom. The van der Waals surface area contributed by atoms with Gasteiger partial charge >= 0.3 is 0 Å². The third kappa shape index (κ3) is 8.05. The van der Waals surface area contributed by atoms with Crippen molar-refractivity contribution in [2.24, 2.45) is 0 Å². The van der Waals surface area contributed by atoms with Crippen LogP contribution in [-0.4, -0.2) is 5.11 Å². The molecule has 2 nitrogen and oxygen atoms in total. The summed E-state index contributed by atoms with van der Waals surface area (Å²) in [6, 6.07) is 89.8. The largest absolute Gasteiger partial charge is 0.507 e. The molecule has 0 saturated heterocycles. The number of hydrogen-bond donors (Lipinski definition) is 1. The molecule has 0 saturated carbocycles. The molecule has 1 N–H and O–H groups in total. The van der Waals surface area contributed by atoms with E-state index in [4.69, 9.17) is 0 Å². The van der Waals surface area contributed by atoms with Crippen LogP contribution in [0.1, 0.15) is 54.0 Å². The zero-order chi connectivity index (χ0) is 48.4. The van der Waals surface area contributed by atoms with Gasteiger partial charge in [0.05, 0.1) is 11.1 Å². The first kappa shape index (κ1) is 44.5. The molecule has 2 heteroatoms. The highest BCUT2D eigenvalue weighted by Gasteiger charge is 2.45. The average molecular weight is 926 g/mol. The predicted molar refractivity (Wildman–Crippen MR) is 305 cm³/mol. The molecule has 1 aliphatic carbocycles. The van der Waals surface area contributed by atoms with Gasteiger partial charge in [-0.05, 0) is 139 Å². The second-order valence-electron chi connectivity index (χ2n) is 19.2. The van der Waals surface area contributed by atoms with E-state index in [9.17, 15) is 5.11 Å². The molecule has 0 fully saturated rings. The fraction of sp³-hybridized carbons (Fsp3) is 0.0857. The topological polar surface area (TPSA) is 23.5 Å². The van der Waals surface area contributed by atoms with Crippen LogP contribution in [-0.2, 0) is 11.8 Å². The highest BCUT2D eigenvalue weighted by atomic mass is 16.3. The highest BCUT2D eigenvalue weighted by molar-refractivity contribution is 6.02. The van der Waals surface area contributed by atoms with Gasteiger partial charge in [0.2, 0.25) is 0 Å². The zero-order valence-corrected chi connectivity index (χ0v) is 40.5. The van der Waals surface area contributed by atoms with E-state index in [1.54, 1.807) is 0 Å². The van der Waals surface area contributed by atoms with E-state index in [1.807, 2.05) is 18.2 Å². The lowest BCUT2D eigenvalue weighted by atomic mass is 9.69. The molecule has 0 amide bonds. The summed E-state index contributed by atoms with van der Waals surface area (Å²) >= 11 is 0. The van der Waals surface area contributed by atoms with Gasteiger partial charge in [-0.3, -0.25) is 0 Å². The third-order valence-corrected chi connectivity index (χ3v) is 15.0. The Morgan fingerprint density at radius 1 is 0.431 bits per heavy atom. The Kier molecular flexibility index (Phi) is 11.9. The molecule has 0 bridgehead atoms. The first-order chi connectivity index (χ1) is 35.6. The minimum absolute atomic E-state index is 0.340. The summed E-state index contributed by atoms with van der Waals surface area (Å²) in [6.07, 6.45) is 8.71. The lowest BCUT2D eigenvalue weighted by Gasteiger charge is -2.33. The number of phenolic OH excluding ortho intramolecular Hbond substituents is 1. The van der Waals surface area contributed by atoms with Gasteiger partial charge < -0.3 is 10.0 Å². The fourth-order valence-corrected chi connectivity index (χ4v) is 11.4. The van der Waals surface area contributed by atoms with Crippen LogP contribution < -0.4 is 4.90 Å². The minimum atomic E-state index is -0.642. The molecule has 0 radical (unpaired) electrons. The van der Waals surface area contributed by atoms with Crippen molar-refractivity contribution in [2.75, 3.05) is 4.90 Å². The Hall–Kier alpha value is -8.72. The summed E-state index contributed by atoms with van der Waals surface area (Å²) in [6.45, 7) is 2.25. The molecule has 11 aromatic rings. The van der Waals surface area contributed by atoms with Gasteiger partial charge in [0.15, 0.2) is 0 Å². The summed E-state index contributed by atoms with van der Waals surface area (Å²) in [4.78, 5) is 2.40. The fourth-order valence-electron chi connectivity index (χ4n) is 11.4. The van der Waals surface area contributed by atoms with Crippen LogP contribution in [0.2, 0.25) is 0 Å². The number of nitrogens with zero attached hydrogens (tertiary/aromatic N) is 1. The van der Waals surface area contributed by atoms with E-state index in [-0.39, 0.29) is 0 Å². The molecule has 72 heavy (non-hydrogen) atoms. The SMILES string of the molecule is CCCCc1ccccc1/C=C\CC1(c2ccc3ccccc3c2O)c2ccccc2-c2cc(-c3ccc4cccc(N(c5ccc(-c6ccccc6)cc5)c5ccc(-c6ccccc6)cc5)c4c3)ccc21. The third-order valence-electron chi connectivity index (χ3n) is 15.0. The van der Waals surface area contributed by atoms with Gasteiger partial charge in [0.1, 0.15) is 5.75 Å². The lowest BCUT2D eigenvalue weighted by Crippen LogP contribution is -2.26. The van der Waals surface area contributed by atoms with E-state index >= 15 is 0 Å². The van der Waals surface area contributed by atoms with Crippen molar-refractivity contribution in [1.82, 2.24) is 0 Å². The summed E-state index contributed by atoms with van der Waals surface area (Å²) in [7, 11) is 0. The van der Waals surface area contributed by atoms with Crippen LogP contribution in [0.15, 0.2) is 255 Å². The number of allylic oxidation sites excluding steroid dienone is 1. The van der Waals surface area contributed by atoms with Crippen molar-refractivity contribution < 1.29 is 5.11 Å². The lowest BCUT2D eigenvalue weighted by molar-refractivity contribution is 0.460. The number of unbranched alkanes of at least 4 members (excludes halogenated alkanes) is 1. The highest BCUT2D eigenvalue weighted by Crippen LogP contribution is 2.58. The quantitative estimate of drug-likeness (QED) is 0.125. The zero-order valence-electron chi connectivity index (χ0n) is 40.5. The molecule has 346 valence electrons. The van der Waals surface area contributed by atoms with E-state index in [2.05, 4.69) is 254 Å². The molecular formula is C70H55NO. The molecule has 11 aromatic carbocycles. The Morgan fingerprint density at radius 3 is 1.71 bits per heavy atom. The Balaban J connectivity index is 0.990. The predicted octanol–water partition coefficient (Wildman–Crippen LogP) is 18.9. The molecule has 0 heterocycles. The van der Waals surface area contributed by atoms with Crippen LogP contribution in [0.5, 0.6) is 5.75 Å². The van der Waals surface area contributed by atoms with Crippen molar-refractivity contribution in [3.8, 4) is 50.3 Å². The normalized spacial score (nSPS) is 13.9. The van der Waals surface area contributed by atoms with Crippen molar-refractivity contribution >= 4 is 44.7 Å². The number of phenols is 1. The van der Waals surface area contributed by atoms with Gasteiger partial charge in [-0.2, -0.15) is 0 Å². The van der Waals surface area contributed by atoms with Gasteiger partial charge in [-0.15, -0.1) is 0 Å². The standard InChI is InChI=1S/C70H55NO/c1-2-3-18-49-23-10-11-24-52(49)27-17-46-70(67-45-38-55-25-12-13-28-61(55)69(67)72)65-30-15-14-29-62(65)64-48-58(39-44-66(64)70)57-33-32-56-26-16-31-68(63(56)47-57)71(59-40-34-53(35-41-59)50-19-6-4-7-20-50)60-42-36-54(37-43-60)51-21-8-5-9-22-51/h4-17,19-45,47-48,72H,2-3,18,46H2,1H3/b27-17-. The second kappa shape index (κ2) is 19.2. The van der Waals surface area contributed by atoms with Crippen molar-refractivity contribution in [3.05, 3.63) is 283 Å². The molecule has 1 atom stereocenters. The summed E-state index contributed by atoms with van der Waals surface area (Å²) in [5.41, 5.74) is 18.0. The first-order valence-corrected chi connectivity index (χ1v) is 25.4. The number of aryl methyl sites for hydroxylation is 1. The number of rotatable bonds is 13. The van der Waals surface area contributed by atoms with E-state index in [0.29, 0.717) is 12.2 Å². The molecular weight excluding hydrogens is 871 g/mol. The van der Waals surface area contributed by atoms with E-state index in [0.717, 1.165) is 69.2 Å². The van der Waals surface area contributed by atoms with Crippen LogP contribution in [0, 0.1) is 0 Å². The van der Waals surface area contributed by atoms with Crippen LogP contribution in [0.3, 0.4) is 0 Å². The minimum Gasteiger partial charge on any atom is -0.507 e. The maximum Gasteiger partial charge on any atom is 0.127 e. The summed E-state index contributed by atoms with van der Waals surface area (Å²) in [5, 5.41) is 16.7. The Labute approximate surface area is 423 Å². The van der Waals surface area contributed by atoms with Crippen LogP contribution in [0.4, 0.5) is 17.1 Å². The smallest absolute Gasteiger partial charge is 0.127 e. The Bertz CT molecular complexity index is 3680. The van der Waals surface area contributed by atoms with E-state index in [1.165, 1.54) is 61.0 Å². The maximum absolute atomic E-state index is 12.5. The number of hydrogen-bond acceptors (Lipinski definition) is 2. The van der Waals surface area contributed by atoms with Gasteiger partial charge in [-0.25, -0.2) is 0 Å². The first-order valence-electron chi connectivity index (χ1n) is 25.4. The van der Waals surface area contributed by atoms with Crippen LogP contribution >= 0.6 is 0 Å². The molecule has 0 aromatic heterocycles. The molecule has 0 spiro atoms. The molecule has 1 unspecified atom stereocenters. The van der Waals surface area contributed by atoms with Gasteiger partial charge in [-0.1, -0.05) is 232 Å². The maximum atomic E-state index is 12.5. The number of anilines is 3.